The van der Waals surface area contributed by atoms with Crippen LogP contribution in [0.3, 0.4) is 0 Å². The summed E-state index contributed by atoms with van der Waals surface area (Å²) < 4.78 is 0. The van der Waals surface area contributed by atoms with Crippen LogP contribution < -0.4 is 0 Å². The first kappa shape index (κ1) is 13.5. The van der Waals surface area contributed by atoms with Gasteiger partial charge in [0.2, 0.25) is 0 Å². The van der Waals surface area contributed by atoms with Crippen LogP contribution in [0.4, 0.5) is 0 Å². The Balaban J connectivity index is 2.04. The van der Waals surface area contributed by atoms with Crippen molar-refractivity contribution in [1.29, 1.82) is 0 Å². The molecule has 5 heteroatoms. The number of hydrogen-bond donors (Lipinski definition) is 2. The zero-order valence-electron chi connectivity index (χ0n) is 10.5. The third kappa shape index (κ3) is 3.31. The van der Waals surface area contributed by atoms with Crippen LogP contribution >= 0.6 is 0 Å². The molecule has 2 N–H and O–H groups in total. The van der Waals surface area contributed by atoms with Crippen LogP contribution in [0.25, 0.3) is 0 Å². The van der Waals surface area contributed by atoms with E-state index in [9.17, 15) is 4.79 Å². The Kier molecular flexibility index (Phi) is 4.50. The van der Waals surface area contributed by atoms with Crippen molar-refractivity contribution in [3.8, 4) is 11.8 Å². The highest BCUT2D eigenvalue weighted by Gasteiger charge is 2.26. The summed E-state index contributed by atoms with van der Waals surface area (Å²) >= 11 is 0. The van der Waals surface area contributed by atoms with Gasteiger partial charge in [0.1, 0.15) is 12.3 Å². The average Bonchev–Trinajstić information content (AvgIpc) is 2.94. The van der Waals surface area contributed by atoms with E-state index in [0.717, 1.165) is 6.42 Å². The van der Waals surface area contributed by atoms with Gasteiger partial charge in [-0.2, -0.15) is 0 Å². The number of aliphatic hydroxyl groups excluding tert-OH is 2. The zero-order chi connectivity index (χ0) is 13.7. The number of aliphatic hydroxyl groups is 2. The Labute approximate surface area is 111 Å². The van der Waals surface area contributed by atoms with Crippen molar-refractivity contribution in [1.82, 2.24) is 9.88 Å². The molecule has 1 aromatic heterocycles. The van der Waals surface area contributed by atoms with E-state index < -0.39 is 0 Å². The van der Waals surface area contributed by atoms with Crippen LogP contribution in [0.15, 0.2) is 18.3 Å². The van der Waals surface area contributed by atoms with Gasteiger partial charge in [0.15, 0.2) is 0 Å². The topological polar surface area (TPSA) is 73.7 Å². The van der Waals surface area contributed by atoms with Crippen LogP contribution in [-0.4, -0.2) is 52.3 Å². The van der Waals surface area contributed by atoms with Crippen molar-refractivity contribution in [3.05, 3.63) is 29.6 Å². The number of carbonyl (C=O) groups excluding carboxylic acids is 1. The fourth-order valence-electron chi connectivity index (χ4n) is 2.06. The number of likely N-dealkylation sites (tertiary alicyclic amines) is 1. The van der Waals surface area contributed by atoms with Gasteiger partial charge in [-0.25, -0.2) is 4.98 Å². The van der Waals surface area contributed by atoms with Gasteiger partial charge >= 0.3 is 0 Å². The minimum absolute atomic E-state index is 0.113. The van der Waals surface area contributed by atoms with E-state index in [-0.39, 0.29) is 25.0 Å². The molecule has 1 atom stereocenters. The maximum absolute atomic E-state index is 12.1. The number of pyridine rings is 1. The van der Waals surface area contributed by atoms with Crippen molar-refractivity contribution in [2.75, 3.05) is 26.3 Å². The fourth-order valence-corrected chi connectivity index (χ4v) is 2.06. The van der Waals surface area contributed by atoms with E-state index >= 15 is 0 Å². The molecule has 2 rings (SSSR count). The van der Waals surface area contributed by atoms with Crippen molar-refractivity contribution in [2.24, 2.45) is 5.92 Å². The third-order valence-corrected chi connectivity index (χ3v) is 3.13. The summed E-state index contributed by atoms with van der Waals surface area (Å²) in [5.74, 6) is 5.32. The third-order valence-electron chi connectivity index (χ3n) is 3.13. The Bertz CT molecular complexity index is 502. The second-order valence-corrected chi connectivity index (χ2v) is 4.48. The average molecular weight is 260 g/mol. The number of amides is 1. The lowest BCUT2D eigenvalue weighted by Gasteiger charge is -2.15. The highest BCUT2D eigenvalue weighted by molar-refractivity contribution is 5.92. The summed E-state index contributed by atoms with van der Waals surface area (Å²) in [6, 6.07) is 3.35. The van der Waals surface area contributed by atoms with Crippen molar-refractivity contribution in [2.45, 2.75) is 6.42 Å². The van der Waals surface area contributed by atoms with Crippen molar-refractivity contribution < 1.29 is 15.0 Å². The number of aromatic nitrogens is 1. The predicted octanol–water partition coefficient (Wildman–Crippen LogP) is -0.120. The monoisotopic (exact) mass is 260 g/mol. The SMILES string of the molecule is O=C(c1ccc(C#CCO)cn1)N1CCC(CO)C1. The lowest BCUT2D eigenvalue weighted by atomic mass is 10.1. The Morgan fingerprint density at radius 1 is 1.47 bits per heavy atom. The number of rotatable bonds is 2. The summed E-state index contributed by atoms with van der Waals surface area (Å²) in [6.45, 7) is 1.17. The molecule has 0 saturated carbocycles. The van der Waals surface area contributed by atoms with E-state index in [1.165, 1.54) is 6.20 Å². The van der Waals surface area contributed by atoms with Gasteiger partial charge in [-0.1, -0.05) is 11.8 Å². The molecule has 5 nitrogen and oxygen atoms in total. The van der Waals surface area contributed by atoms with Crippen LogP contribution in [0, 0.1) is 17.8 Å². The highest BCUT2D eigenvalue weighted by atomic mass is 16.3. The molecule has 1 fully saturated rings. The second-order valence-electron chi connectivity index (χ2n) is 4.48. The van der Waals surface area contributed by atoms with E-state index in [0.29, 0.717) is 24.3 Å². The molecule has 0 aromatic carbocycles. The zero-order valence-corrected chi connectivity index (χ0v) is 10.5. The maximum atomic E-state index is 12.1. The minimum atomic E-state index is -0.197. The summed E-state index contributed by atoms with van der Waals surface area (Å²) in [7, 11) is 0. The van der Waals surface area contributed by atoms with E-state index in [1.54, 1.807) is 17.0 Å². The molecule has 1 amide bonds. The predicted molar refractivity (Wildman–Crippen MR) is 69.3 cm³/mol. The molecule has 19 heavy (non-hydrogen) atoms. The van der Waals surface area contributed by atoms with Crippen molar-refractivity contribution in [3.63, 3.8) is 0 Å². The van der Waals surface area contributed by atoms with Gasteiger partial charge in [0.25, 0.3) is 5.91 Å². The molecule has 2 heterocycles. The van der Waals surface area contributed by atoms with Gasteiger partial charge in [-0.3, -0.25) is 4.79 Å². The Hall–Kier alpha value is -1.90. The highest BCUT2D eigenvalue weighted by Crippen LogP contribution is 2.17. The van der Waals surface area contributed by atoms with Gasteiger partial charge in [0, 0.05) is 37.4 Å². The van der Waals surface area contributed by atoms with Crippen molar-refractivity contribution >= 4 is 5.91 Å². The number of nitrogens with zero attached hydrogens (tertiary/aromatic N) is 2. The molecular weight excluding hydrogens is 244 g/mol. The minimum Gasteiger partial charge on any atom is -0.396 e. The van der Waals surface area contributed by atoms with Crippen LogP contribution in [-0.2, 0) is 0 Å². The number of hydrogen-bond acceptors (Lipinski definition) is 4. The molecule has 1 aliphatic rings. The lowest BCUT2D eigenvalue weighted by molar-refractivity contribution is 0.0776. The molecule has 100 valence electrons. The van der Waals surface area contributed by atoms with Crippen LogP contribution in [0.2, 0.25) is 0 Å². The molecule has 0 spiro atoms. The summed E-state index contributed by atoms with van der Waals surface area (Å²) in [5, 5.41) is 17.7. The molecule has 0 aliphatic carbocycles. The normalized spacial score (nSPS) is 18.0. The standard InChI is InChI=1S/C14H16N2O3/c17-7-1-2-11-3-4-13(15-8-11)14(19)16-6-5-12(9-16)10-18/h3-4,8,12,17-18H,5-7,9-10H2. The number of carbonyl (C=O) groups is 1. The second kappa shape index (κ2) is 6.32. The molecule has 1 aliphatic heterocycles. The Morgan fingerprint density at radius 2 is 2.32 bits per heavy atom. The van der Waals surface area contributed by atoms with E-state index in [1.807, 2.05) is 0 Å². The van der Waals surface area contributed by atoms with E-state index in [4.69, 9.17) is 10.2 Å². The Morgan fingerprint density at radius 3 is 2.89 bits per heavy atom. The summed E-state index contributed by atoms with van der Waals surface area (Å²) in [4.78, 5) is 17.9. The van der Waals surface area contributed by atoms with Gasteiger partial charge < -0.3 is 15.1 Å². The van der Waals surface area contributed by atoms with Gasteiger partial charge in [-0.15, -0.1) is 0 Å². The van der Waals surface area contributed by atoms with Gasteiger partial charge in [0.05, 0.1) is 0 Å². The van der Waals surface area contributed by atoms with E-state index in [2.05, 4.69) is 16.8 Å². The first-order valence-corrected chi connectivity index (χ1v) is 6.20. The lowest BCUT2D eigenvalue weighted by Crippen LogP contribution is -2.29. The van der Waals surface area contributed by atoms with Gasteiger partial charge in [-0.05, 0) is 18.6 Å². The summed E-state index contributed by atoms with van der Waals surface area (Å²) in [5.41, 5.74) is 1.05. The maximum Gasteiger partial charge on any atom is 0.272 e. The smallest absolute Gasteiger partial charge is 0.272 e. The first-order chi connectivity index (χ1) is 9.24. The molecule has 0 radical (unpaired) electrons. The first-order valence-electron chi connectivity index (χ1n) is 6.20. The molecule has 1 unspecified atom stereocenters. The van der Waals surface area contributed by atoms with Crippen LogP contribution in [0.5, 0.6) is 0 Å². The molecular formula is C14H16N2O3. The molecule has 1 saturated heterocycles. The quantitative estimate of drug-likeness (QED) is 0.727. The molecule has 0 bridgehead atoms. The fraction of sp³-hybridized carbons (Fsp3) is 0.429. The van der Waals surface area contributed by atoms with Crippen LogP contribution in [0.1, 0.15) is 22.5 Å². The summed E-state index contributed by atoms with van der Waals surface area (Å²) in [6.07, 6.45) is 2.36. The largest absolute Gasteiger partial charge is 0.396 e. The molecule has 1 aromatic rings.